The third-order valence-electron chi connectivity index (χ3n) is 1.21. The standard InChI is InChI=1S/C5H11N.CH4.3BF4/c1-2-4-6-5-3-1;;3*2-1(3,4)5/h6H,1-5H2;1H4;;;/q;;3*-1. The average Bonchev–Trinajstić information content (AvgIpc) is 2.12. The molecule has 0 aliphatic carbocycles. The third kappa shape index (κ3) is 229. The van der Waals surface area contributed by atoms with Gasteiger partial charge in [0.05, 0.1) is 0 Å². The Morgan fingerprint density at radius 1 is 0.455 bits per heavy atom. The first-order chi connectivity index (χ1) is 9.00. The maximum absolute atomic E-state index is 9.75. The maximum Gasteiger partial charge on any atom is 0.673 e. The van der Waals surface area contributed by atoms with E-state index >= 15 is 0 Å². The molecule has 16 heteroatoms. The van der Waals surface area contributed by atoms with Crippen molar-refractivity contribution in [1.29, 1.82) is 0 Å². The van der Waals surface area contributed by atoms with Crippen LogP contribution in [0.2, 0.25) is 0 Å². The number of hydrogen-bond donors (Lipinski definition) is 1. The van der Waals surface area contributed by atoms with Crippen LogP contribution in [0.25, 0.3) is 0 Å². The number of piperidine rings is 1. The van der Waals surface area contributed by atoms with Crippen molar-refractivity contribution in [3.05, 3.63) is 0 Å². The molecule has 0 saturated carbocycles. The van der Waals surface area contributed by atoms with Gasteiger partial charge in [0, 0.05) is 0 Å². The van der Waals surface area contributed by atoms with Crippen LogP contribution in [0, 0.1) is 0 Å². The van der Waals surface area contributed by atoms with Crippen molar-refractivity contribution in [1.82, 2.24) is 5.32 Å². The first-order valence-electron chi connectivity index (χ1n) is 5.33. The van der Waals surface area contributed by atoms with Crippen molar-refractivity contribution >= 4 is 21.8 Å². The van der Waals surface area contributed by atoms with Gasteiger partial charge in [0.1, 0.15) is 0 Å². The number of halogens is 12. The Kier molecular flexibility index (Phi) is 18.6. The van der Waals surface area contributed by atoms with Gasteiger partial charge in [-0.05, 0) is 25.9 Å². The largest absolute Gasteiger partial charge is 0.673 e. The minimum atomic E-state index is -6.00. The van der Waals surface area contributed by atoms with E-state index in [-0.39, 0.29) is 7.43 Å². The van der Waals surface area contributed by atoms with Crippen LogP contribution in [0.4, 0.5) is 51.8 Å². The van der Waals surface area contributed by atoms with Gasteiger partial charge in [-0.25, -0.2) is 0 Å². The Hall–Kier alpha value is -0.685. The minimum Gasteiger partial charge on any atom is -0.418 e. The molecule has 22 heavy (non-hydrogen) atoms. The second-order valence-electron chi connectivity index (χ2n) is 3.30. The minimum absolute atomic E-state index is 0. The summed E-state index contributed by atoms with van der Waals surface area (Å²) in [4.78, 5) is 0. The average molecular weight is 362 g/mol. The van der Waals surface area contributed by atoms with E-state index in [4.69, 9.17) is 0 Å². The van der Waals surface area contributed by atoms with Gasteiger partial charge in [0.2, 0.25) is 0 Å². The van der Waals surface area contributed by atoms with Crippen molar-refractivity contribution in [2.75, 3.05) is 13.1 Å². The van der Waals surface area contributed by atoms with E-state index in [9.17, 15) is 51.8 Å². The van der Waals surface area contributed by atoms with Crippen molar-refractivity contribution in [2.24, 2.45) is 0 Å². The second-order valence-corrected chi connectivity index (χ2v) is 3.30. The first kappa shape index (κ1) is 29.3. The molecule has 0 spiro atoms. The maximum atomic E-state index is 9.75. The highest BCUT2D eigenvalue weighted by atomic mass is 19.5. The van der Waals surface area contributed by atoms with Gasteiger partial charge in [-0.15, -0.1) is 0 Å². The molecule has 0 unspecified atom stereocenters. The summed E-state index contributed by atoms with van der Waals surface area (Å²) in [7, 11) is -18.0. The zero-order chi connectivity index (χ0) is 17.7. The smallest absolute Gasteiger partial charge is 0.418 e. The van der Waals surface area contributed by atoms with Crippen LogP contribution in [0.15, 0.2) is 0 Å². The Labute approximate surface area is 120 Å². The lowest BCUT2D eigenvalue weighted by Gasteiger charge is -2.08. The van der Waals surface area contributed by atoms with Crippen molar-refractivity contribution in [2.45, 2.75) is 26.7 Å². The quantitative estimate of drug-likeness (QED) is 0.456. The Morgan fingerprint density at radius 2 is 0.636 bits per heavy atom. The van der Waals surface area contributed by atoms with E-state index in [0.717, 1.165) is 0 Å². The van der Waals surface area contributed by atoms with Crippen LogP contribution in [0.3, 0.4) is 0 Å². The zero-order valence-electron chi connectivity index (χ0n) is 10.3. The molecule has 0 amide bonds. The fourth-order valence-corrected chi connectivity index (χ4v) is 0.802. The van der Waals surface area contributed by atoms with Crippen LogP contribution in [-0.2, 0) is 0 Å². The highest BCUT2D eigenvalue weighted by Crippen LogP contribution is 2.07. The second kappa shape index (κ2) is 13.9. The Morgan fingerprint density at radius 3 is 0.682 bits per heavy atom. The summed E-state index contributed by atoms with van der Waals surface area (Å²) in [5.74, 6) is 0. The van der Waals surface area contributed by atoms with Crippen molar-refractivity contribution in [3.8, 4) is 0 Å². The molecule has 0 atom stereocenters. The lowest BCUT2D eigenvalue weighted by molar-refractivity contribution is 0.366. The molecule has 1 aliphatic rings. The van der Waals surface area contributed by atoms with E-state index in [2.05, 4.69) is 5.32 Å². The lowest BCUT2D eigenvalue weighted by Crippen LogP contribution is -2.21. The Balaban J connectivity index is -0.0000000973. The van der Waals surface area contributed by atoms with Gasteiger partial charge in [-0.1, -0.05) is 13.8 Å². The van der Waals surface area contributed by atoms with E-state index in [0.29, 0.717) is 0 Å². The van der Waals surface area contributed by atoms with Crippen LogP contribution in [0.5, 0.6) is 0 Å². The fourth-order valence-electron chi connectivity index (χ4n) is 0.802. The van der Waals surface area contributed by atoms with Crippen molar-refractivity contribution in [3.63, 3.8) is 0 Å². The van der Waals surface area contributed by atoms with Gasteiger partial charge in [-0.2, -0.15) is 0 Å². The summed E-state index contributed by atoms with van der Waals surface area (Å²) in [6.07, 6.45) is 4.22. The lowest BCUT2D eigenvalue weighted by atomic mass is 10.2. The summed E-state index contributed by atoms with van der Waals surface area (Å²) in [5.41, 5.74) is 0. The topological polar surface area (TPSA) is 12.0 Å². The molecule has 0 aromatic carbocycles. The number of nitrogens with one attached hydrogen (secondary N) is 1. The number of hydrogen-bond acceptors (Lipinski definition) is 1. The fraction of sp³-hybridized carbons (Fsp3) is 1.00. The van der Waals surface area contributed by atoms with Gasteiger partial charge < -0.3 is 57.1 Å². The van der Waals surface area contributed by atoms with Gasteiger partial charge in [0.15, 0.2) is 0 Å². The molecule has 0 aromatic rings. The molecule has 0 bridgehead atoms. The van der Waals surface area contributed by atoms with Gasteiger partial charge in [-0.3, -0.25) is 0 Å². The van der Waals surface area contributed by atoms with Gasteiger partial charge in [0.25, 0.3) is 0 Å². The molecule has 1 aliphatic heterocycles. The highest BCUT2D eigenvalue weighted by molar-refractivity contribution is 6.50. The normalized spacial score (nSPS) is 14.7. The van der Waals surface area contributed by atoms with Crippen LogP contribution in [0.1, 0.15) is 26.7 Å². The molecule has 1 fully saturated rings. The summed E-state index contributed by atoms with van der Waals surface area (Å²) < 4.78 is 117. The predicted molar refractivity (Wildman–Crippen MR) is 64.0 cm³/mol. The van der Waals surface area contributed by atoms with Crippen LogP contribution >= 0.6 is 0 Å². The van der Waals surface area contributed by atoms with E-state index < -0.39 is 21.8 Å². The summed E-state index contributed by atoms with van der Waals surface area (Å²) in [5, 5.41) is 3.28. The Bertz CT molecular complexity index is 164. The molecule has 1 rings (SSSR count). The number of rotatable bonds is 0. The molecule has 140 valence electrons. The molecule has 1 N–H and O–H groups in total. The third-order valence-corrected chi connectivity index (χ3v) is 1.21. The molecular weight excluding hydrogens is 346 g/mol. The van der Waals surface area contributed by atoms with E-state index in [1.54, 1.807) is 0 Å². The molecule has 1 heterocycles. The van der Waals surface area contributed by atoms with E-state index in [1.807, 2.05) is 0 Å². The summed E-state index contributed by atoms with van der Waals surface area (Å²) in [6.45, 7) is 2.50. The van der Waals surface area contributed by atoms with E-state index in [1.165, 1.54) is 32.4 Å². The van der Waals surface area contributed by atoms with Crippen LogP contribution in [-0.4, -0.2) is 34.9 Å². The van der Waals surface area contributed by atoms with Crippen LogP contribution < -0.4 is 5.32 Å². The summed E-state index contributed by atoms with van der Waals surface area (Å²) in [6, 6.07) is 0. The molecule has 0 radical (unpaired) electrons. The van der Waals surface area contributed by atoms with Gasteiger partial charge >= 0.3 is 21.8 Å². The zero-order valence-corrected chi connectivity index (χ0v) is 10.3. The summed E-state index contributed by atoms with van der Waals surface area (Å²) >= 11 is 0. The highest BCUT2D eigenvalue weighted by Gasteiger charge is 2.21. The molecular formula is C6H15B3F12N-3. The molecule has 1 saturated heterocycles. The van der Waals surface area contributed by atoms with Crippen molar-refractivity contribution < 1.29 is 51.8 Å². The molecule has 0 aromatic heterocycles. The SMILES string of the molecule is C.C1CCNCC1.F[B-](F)(F)F.F[B-](F)(F)F.F[B-](F)(F)F. The predicted octanol–water partition coefficient (Wildman–Crippen LogP) is 5.30. The molecule has 1 nitrogen and oxygen atoms in total. The monoisotopic (exact) mass is 362 g/mol. The first-order valence-corrected chi connectivity index (χ1v) is 5.33.